The molecule has 2 aliphatic heterocycles. The maximum Gasteiger partial charge on any atom is 0.255 e. The van der Waals surface area contributed by atoms with Crippen LogP contribution < -0.4 is 4.74 Å². The van der Waals surface area contributed by atoms with Gasteiger partial charge in [0.15, 0.2) is 0 Å². The van der Waals surface area contributed by atoms with Crippen molar-refractivity contribution in [2.75, 3.05) is 33.3 Å². The van der Waals surface area contributed by atoms with Gasteiger partial charge in [0.1, 0.15) is 5.75 Å². The van der Waals surface area contributed by atoms with Crippen LogP contribution in [0.5, 0.6) is 5.75 Å². The average molecular weight is 339 g/mol. The molecule has 2 fully saturated rings. The van der Waals surface area contributed by atoms with Crippen LogP contribution in [0, 0.1) is 0 Å². The van der Waals surface area contributed by atoms with Gasteiger partial charge in [-0.3, -0.25) is 9.69 Å². The fourth-order valence-electron chi connectivity index (χ4n) is 3.65. The van der Waals surface area contributed by atoms with E-state index in [4.69, 9.17) is 16.3 Å². The zero-order chi connectivity index (χ0) is 16.6. The minimum absolute atomic E-state index is 0.0547. The fourth-order valence-corrected chi connectivity index (χ4v) is 3.93. The van der Waals surface area contributed by atoms with Crippen molar-refractivity contribution in [2.45, 2.75) is 31.4 Å². The quantitative estimate of drug-likeness (QED) is 0.896. The number of piperidine rings is 1. The second kappa shape index (κ2) is 6.30. The lowest BCUT2D eigenvalue weighted by molar-refractivity contribution is -0.0532. The number of nitrogens with zero attached hydrogens (tertiary/aromatic N) is 2. The molecule has 0 saturated carbocycles. The summed E-state index contributed by atoms with van der Waals surface area (Å²) in [5.41, 5.74) is 0.414. The number of amides is 1. The Morgan fingerprint density at radius 2 is 2.22 bits per heavy atom. The maximum absolute atomic E-state index is 12.9. The molecule has 2 atom stereocenters. The van der Waals surface area contributed by atoms with Crippen molar-refractivity contribution in [2.24, 2.45) is 0 Å². The Labute approximate surface area is 141 Å². The summed E-state index contributed by atoms with van der Waals surface area (Å²) in [5, 5.41) is 10.2. The average Bonchev–Trinajstić information content (AvgIpc) is 2.54. The van der Waals surface area contributed by atoms with Gasteiger partial charge in [-0.15, -0.1) is 0 Å². The Bertz CT molecular complexity index is 610. The molecule has 2 heterocycles. The van der Waals surface area contributed by atoms with Gasteiger partial charge in [0.25, 0.3) is 5.91 Å². The number of carbonyl (C=O) groups excluding carboxylic acids is 1. The van der Waals surface area contributed by atoms with Gasteiger partial charge in [-0.1, -0.05) is 17.7 Å². The van der Waals surface area contributed by atoms with Crippen molar-refractivity contribution in [3.8, 4) is 5.75 Å². The lowest BCUT2D eigenvalue weighted by Crippen LogP contribution is -2.65. The highest BCUT2D eigenvalue weighted by Gasteiger charge is 2.43. The van der Waals surface area contributed by atoms with Crippen LogP contribution in [-0.4, -0.2) is 65.7 Å². The summed E-state index contributed by atoms with van der Waals surface area (Å²) < 4.78 is 5.20. The van der Waals surface area contributed by atoms with E-state index in [0.29, 0.717) is 36.0 Å². The Kier molecular flexibility index (Phi) is 4.54. The van der Waals surface area contributed by atoms with Crippen LogP contribution in [0.15, 0.2) is 18.2 Å². The van der Waals surface area contributed by atoms with Gasteiger partial charge in [-0.2, -0.15) is 0 Å². The molecule has 5 nitrogen and oxygen atoms in total. The third-order valence-corrected chi connectivity index (χ3v) is 5.47. The van der Waals surface area contributed by atoms with E-state index in [1.165, 1.54) is 0 Å². The Hall–Kier alpha value is -1.30. The molecule has 0 radical (unpaired) electrons. The lowest BCUT2D eigenvalue weighted by Gasteiger charge is -2.52. The first-order chi connectivity index (χ1) is 10.9. The molecule has 1 aromatic carbocycles. The van der Waals surface area contributed by atoms with E-state index in [9.17, 15) is 9.90 Å². The summed E-state index contributed by atoms with van der Waals surface area (Å²) in [6.45, 7) is 4.95. The van der Waals surface area contributed by atoms with Gasteiger partial charge >= 0.3 is 0 Å². The fraction of sp³-hybridized carbons (Fsp3) is 0.588. The Morgan fingerprint density at radius 3 is 2.96 bits per heavy atom. The van der Waals surface area contributed by atoms with Crippen LogP contribution in [0.2, 0.25) is 5.02 Å². The molecule has 1 aromatic rings. The molecule has 0 aromatic heterocycles. The number of aliphatic hydroxyl groups is 1. The number of benzene rings is 1. The van der Waals surface area contributed by atoms with Gasteiger partial charge in [-0.25, -0.2) is 0 Å². The van der Waals surface area contributed by atoms with E-state index in [0.717, 1.165) is 19.4 Å². The first kappa shape index (κ1) is 16.6. The Morgan fingerprint density at radius 1 is 1.43 bits per heavy atom. The third kappa shape index (κ3) is 3.05. The molecule has 1 amide bonds. The highest BCUT2D eigenvalue weighted by molar-refractivity contribution is 6.35. The molecule has 0 bridgehead atoms. The van der Waals surface area contributed by atoms with Crippen LogP contribution in [0.1, 0.15) is 30.1 Å². The van der Waals surface area contributed by atoms with Crippen LogP contribution in [0.25, 0.3) is 0 Å². The molecule has 2 saturated heterocycles. The number of β-amino-alcohol motifs (C(OH)–C–C–N with tert-alkyl or cyclic N) is 1. The molecule has 23 heavy (non-hydrogen) atoms. The van der Waals surface area contributed by atoms with E-state index in [-0.39, 0.29) is 17.6 Å². The monoisotopic (exact) mass is 338 g/mol. The second-order valence-corrected chi connectivity index (χ2v) is 7.06. The first-order valence-corrected chi connectivity index (χ1v) is 8.37. The molecule has 0 spiro atoms. The van der Waals surface area contributed by atoms with E-state index in [2.05, 4.69) is 11.8 Å². The molecular formula is C17H23ClN2O3. The standard InChI is InChI=1S/C17H23ClN2O3/c1-17-7-6-12(21)10-20(17)9-8-19(11-17)16(22)13-4-3-5-14(23-2)15(13)18/h3-5,12,21H,6-11H2,1-2H3. The molecule has 1 N–H and O–H groups in total. The molecular weight excluding hydrogens is 316 g/mol. The van der Waals surface area contributed by atoms with E-state index in [1.807, 2.05) is 4.90 Å². The second-order valence-electron chi connectivity index (χ2n) is 6.68. The SMILES string of the molecule is COc1cccc(C(=O)N2CCN3CC(O)CCC3(C)C2)c1Cl. The van der Waals surface area contributed by atoms with Gasteiger partial charge in [0.2, 0.25) is 0 Å². The Balaban J connectivity index is 1.79. The number of fused-ring (bicyclic) bond motifs is 1. The topological polar surface area (TPSA) is 53.0 Å². The van der Waals surface area contributed by atoms with Crippen molar-refractivity contribution in [1.29, 1.82) is 0 Å². The highest BCUT2D eigenvalue weighted by atomic mass is 35.5. The number of halogens is 1. The number of ether oxygens (including phenoxy) is 1. The maximum atomic E-state index is 12.9. The van der Waals surface area contributed by atoms with Gasteiger partial charge in [0.05, 0.1) is 23.8 Å². The molecule has 3 rings (SSSR count). The number of aliphatic hydroxyl groups excluding tert-OH is 1. The summed E-state index contributed by atoms with van der Waals surface area (Å²) in [6, 6.07) is 5.28. The van der Waals surface area contributed by atoms with Gasteiger partial charge in [-0.05, 0) is 31.9 Å². The van der Waals surface area contributed by atoms with Crippen molar-refractivity contribution in [1.82, 2.24) is 9.80 Å². The van der Waals surface area contributed by atoms with E-state index < -0.39 is 0 Å². The zero-order valence-corrected chi connectivity index (χ0v) is 14.3. The van der Waals surface area contributed by atoms with Gasteiger partial charge in [0, 0.05) is 31.7 Å². The normalized spacial score (nSPS) is 28.3. The van der Waals surface area contributed by atoms with Crippen molar-refractivity contribution in [3.05, 3.63) is 28.8 Å². The zero-order valence-electron chi connectivity index (χ0n) is 13.6. The highest BCUT2D eigenvalue weighted by Crippen LogP contribution is 2.34. The predicted octanol–water partition coefficient (Wildman–Crippen LogP) is 2.02. The first-order valence-electron chi connectivity index (χ1n) is 7.99. The van der Waals surface area contributed by atoms with E-state index in [1.54, 1.807) is 25.3 Å². The number of methoxy groups -OCH3 is 1. The summed E-state index contributed by atoms with van der Waals surface area (Å²) in [7, 11) is 1.54. The molecule has 126 valence electrons. The minimum atomic E-state index is -0.252. The number of carbonyl (C=O) groups is 1. The smallest absolute Gasteiger partial charge is 0.255 e. The van der Waals surface area contributed by atoms with Crippen LogP contribution in [0.4, 0.5) is 0 Å². The molecule has 2 aliphatic rings. The van der Waals surface area contributed by atoms with Crippen molar-refractivity contribution >= 4 is 17.5 Å². The van der Waals surface area contributed by atoms with Gasteiger partial charge < -0.3 is 14.7 Å². The number of rotatable bonds is 2. The van der Waals surface area contributed by atoms with Crippen molar-refractivity contribution < 1.29 is 14.6 Å². The largest absolute Gasteiger partial charge is 0.495 e. The summed E-state index contributed by atoms with van der Waals surface area (Å²) in [6.07, 6.45) is 1.43. The number of hydrogen-bond acceptors (Lipinski definition) is 4. The molecule has 0 aliphatic carbocycles. The third-order valence-electron chi connectivity index (χ3n) is 5.08. The van der Waals surface area contributed by atoms with Crippen LogP contribution >= 0.6 is 11.6 Å². The van der Waals surface area contributed by atoms with Crippen LogP contribution in [-0.2, 0) is 0 Å². The minimum Gasteiger partial charge on any atom is -0.495 e. The summed E-state index contributed by atoms with van der Waals surface area (Å²) >= 11 is 6.30. The van der Waals surface area contributed by atoms with Crippen molar-refractivity contribution in [3.63, 3.8) is 0 Å². The number of hydrogen-bond donors (Lipinski definition) is 1. The van der Waals surface area contributed by atoms with E-state index >= 15 is 0 Å². The predicted molar refractivity (Wildman–Crippen MR) is 89.1 cm³/mol. The summed E-state index contributed by atoms with van der Waals surface area (Å²) in [4.78, 5) is 17.1. The molecule has 2 unspecified atom stereocenters. The molecule has 6 heteroatoms. The summed E-state index contributed by atoms with van der Waals surface area (Å²) in [5.74, 6) is 0.462. The lowest BCUT2D eigenvalue weighted by atomic mass is 9.85. The number of piperazine rings is 1. The van der Waals surface area contributed by atoms with Crippen LogP contribution in [0.3, 0.4) is 0 Å².